The number of amides is 2. The second kappa shape index (κ2) is 10.6. The van der Waals surface area contributed by atoms with Gasteiger partial charge in [-0.3, -0.25) is 24.4 Å². The van der Waals surface area contributed by atoms with Crippen LogP contribution in [0.25, 0.3) is 10.9 Å². The number of hydrogen-bond donors (Lipinski definition) is 3. The van der Waals surface area contributed by atoms with E-state index in [9.17, 15) is 20.0 Å². The van der Waals surface area contributed by atoms with Gasteiger partial charge in [-0.25, -0.2) is 0 Å². The fourth-order valence-electron chi connectivity index (χ4n) is 5.61. The van der Waals surface area contributed by atoms with Gasteiger partial charge in [0, 0.05) is 53.2 Å². The average molecular weight is 501 g/mol. The zero-order valence-electron chi connectivity index (χ0n) is 20.9. The third-order valence-corrected chi connectivity index (χ3v) is 7.54. The lowest BCUT2D eigenvalue weighted by Gasteiger charge is -2.35. The molecule has 192 valence electrons. The van der Waals surface area contributed by atoms with Gasteiger partial charge < -0.3 is 15.4 Å². The minimum atomic E-state index is -0.991. The predicted octanol–water partition coefficient (Wildman–Crippen LogP) is 3.31. The summed E-state index contributed by atoms with van der Waals surface area (Å²) >= 11 is 0. The first-order valence-corrected chi connectivity index (χ1v) is 12.9. The highest BCUT2D eigenvalue weighted by Crippen LogP contribution is 2.34. The first kappa shape index (κ1) is 24.8. The number of anilines is 1. The Morgan fingerprint density at radius 1 is 1.27 bits per heavy atom. The molecule has 1 aliphatic heterocycles. The van der Waals surface area contributed by atoms with Gasteiger partial charge in [0.15, 0.2) is 6.19 Å². The number of aromatic amines is 1. The summed E-state index contributed by atoms with van der Waals surface area (Å²) in [7, 11) is 0. The summed E-state index contributed by atoms with van der Waals surface area (Å²) in [6.07, 6.45) is 11.6. The molecule has 2 fully saturated rings. The van der Waals surface area contributed by atoms with Gasteiger partial charge in [-0.2, -0.15) is 5.26 Å². The van der Waals surface area contributed by atoms with Gasteiger partial charge in [0.2, 0.25) is 5.91 Å². The largest absolute Gasteiger partial charge is 0.391 e. The number of aliphatic hydroxyl groups is 1. The van der Waals surface area contributed by atoms with Crippen molar-refractivity contribution < 1.29 is 14.7 Å². The number of likely N-dealkylation sites (tertiary alicyclic amines) is 1. The van der Waals surface area contributed by atoms with Crippen LogP contribution in [0.2, 0.25) is 0 Å². The van der Waals surface area contributed by atoms with Crippen molar-refractivity contribution in [3.8, 4) is 6.19 Å². The van der Waals surface area contributed by atoms with Crippen molar-refractivity contribution >= 4 is 28.4 Å². The lowest BCUT2D eigenvalue weighted by molar-refractivity contribution is -0.128. The number of carbonyl (C=O) groups excluding carboxylic acids is 2. The molecule has 3 atom stereocenters. The number of β-amino-alcohol motifs (C(OH)–C–C–N with tert-alkyl or cyclic N) is 1. The van der Waals surface area contributed by atoms with E-state index in [1.54, 1.807) is 24.5 Å². The molecule has 3 N–H and O–H groups in total. The molecule has 37 heavy (non-hydrogen) atoms. The number of pyridine rings is 1. The van der Waals surface area contributed by atoms with Crippen LogP contribution in [0.4, 0.5) is 5.69 Å². The number of H-pyrrole nitrogens is 1. The van der Waals surface area contributed by atoms with Crippen LogP contribution >= 0.6 is 0 Å². The van der Waals surface area contributed by atoms with Crippen LogP contribution in [0.3, 0.4) is 0 Å². The molecule has 1 unspecified atom stereocenters. The van der Waals surface area contributed by atoms with E-state index in [-0.39, 0.29) is 24.9 Å². The third-order valence-electron chi connectivity index (χ3n) is 7.54. The number of nitriles is 1. The van der Waals surface area contributed by atoms with Gasteiger partial charge in [0.05, 0.1) is 12.6 Å². The molecule has 2 amide bonds. The summed E-state index contributed by atoms with van der Waals surface area (Å²) in [5.41, 5.74) is 3.03. The Hall–Kier alpha value is -3.90. The number of benzene rings is 1. The molecular formula is C28H32N6O3. The van der Waals surface area contributed by atoms with Crippen molar-refractivity contribution in [1.82, 2.24) is 20.2 Å². The topological polar surface area (TPSA) is 125 Å². The number of carbonyl (C=O) groups is 2. The minimum absolute atomic E-state index is 0.0508. The first-order valence-electron chi connectivity index (χ1n) is 12.9. The quantitative estimate of drug-likeness (QED) is 0.446. The van der Waals surface area contributed by atoms with Crippen molar-refractivity contribution in [2.45, 2.75) is 69.7 Å². The van der Waals surface area contributed by atoms with Gasteiger partial charge in [0.25, 0.3) is 5.91 Å². The van der Waals surface area contributed by atoms with E-state index in [1.807, 2.05) is 37.5 Å². The Morgan fingerprint density at radius 2 is 2.08 bits per heavy atom. The van der Waals surface area contributed by atoms with Crippen LogP contribution in [0.5, 0.6) is 0 Å². The zero-order valence-corrected chi connectivity index (χ0v) is 20.9. The van der Waals surface area contributed by atoms with Crippen LogP contribution in [0.1, 0.15) is 55.7 Å². The van der Waals surface area contributed by atoms with Crippen molar-refractivity contribution in [2.24, 2.45) is 0 Å². The molecule has 3 aromatic rings. The molecule has 3 heterocycles. The molecule has 1 saturated heterocycles. The fourth-order valence-corrected chi connectivity index (χ4v) is 5.61. The molecule has 9 nitrogen and oxygen atoms in total. The molecular weight excluding hydrogens is 468 g/mol. The summed E-state index contributed by atoms with van der Waals surface area (Å²) in [6.45, 7) is 2.09. The second-order valence-electron chi connectivity index (χ2n) is 10.1. The van der Waals surface area contributed by atoms with Gasteiger partial charge in [-0.1, -0.05) is 31.4 Å². The normalized spacial score (nSPS) is 20.9. The molecule has 5 rings (SSSR count). The molecule has 1 aromatic carbocycles. The van der Waals surface area contributed by atoms with E-state index in [0.717, 1.165) is 48.6 Å². The number of fused-ring (bicyclic) bond motifs is 1. The summed E-state index contributed by atoms with van der Waals surface area (Å²) < 4.78 is 0. The van der Waals surface area contributed by atoms with Crippen LogP contribution in [0.15, 0.2) is 48.9 Å². The van der Waals surface area contributed by atoms with Gasteiger partial charge in [-0.15, -0.1) is 0 Å². The summed E-state index contributed by atoms with van der Waals surface area (Å²) in [5, 5.41) is 24.2. The molecule has 0 bridgehead atoms. The van der Waals surface area contributed by atoms with Crippen LogP contribution in [-0.4, -0.2) is 56.5 Å². The minimum Gasteiger partial charge on any atom is -0.391 e. The first-order chi connectivity index (χ1) is 18.0. The van der Waals surface area contributed by atoms with E-state index >= 15 is 0 Å². The molecule has 0 spiro atoms. The molecule has 1 saturated carbocycles. The highest BCUT2D eigenvalue weighted by atomic mass is 16.3. The average Bonchev–Trinajstić information content (AvgIpc) is 3.49. The Balaban J connectivity index is 1.60. The van der Waals surface area contributed by atoms with Crippen LogP contribution in [0, 0.1) is 18.4 Å². The lowest BCUT2D eigenvalue weighted by atomic mass is 9.94. The highest BCUT2D eigenvalue weighted by Gasteiger charge is 2.43. The number of hydrogen-bond acceptors (Lipinski definition) is 6. The number of nitrogens with zero attached hydrogens (tertiary/aromatic N) is 4. The molecule has 1 aliphatic carbocycles. The van der Waals surface area contributed by atoms with E-state index in [4.69, 9.17) is 0 Å². The van der Waals surface area contributed by atoms with Gasteiger partial charge in [0.1, 0.15) is 12.1 Å². The number of nitrogens with one attached hydrogen (secondary N) is 2. The Labute approximate surface area is 216 Å². The summed E-state index contributed by atoms with van der Waals surface area (Å²) in [4.78, 5) is 38.4. The Bertz CT molecular complexity index is 1310. The third kappa shape index (κ3) is 5.02. The molecule has 0 radical (unpaired) electrons. The smallest absolute Gasteiger partial charge is 0.251 e. The van der Waals surface area contributed by atoms with Crippen molar-refractivity contribution in [1.29, 1.82) is 5.26 Å². The van der Waals surface area contributed by atoms with Crippen LogP contribution in [-0.2, 0) is 9.59 Å². The van der Waals surface area contributed by atoms with Crippen LogP contribution < -0.4 is 10.2 Å². The van der Waals surface area contributed by atoms with Crippen molar-refractivity contribution in [2.75, 3.05) is 11.4 Å². The number of aromatic nitrogens is 2. The highest BCUT2D eigenvalue weighted by molar-refractivity contribution is 6.05. The maximum Gasteiger partial charge on any atom is 0.251 e. The second-order valence-corrected chi connectivity index (χ2v) is 10.1. The lowest BCUT2D eigenvalue weighted by Crippen LogP contribution is -2.51. The standard InChI is InChI=1S/C28H32N6O3/c1-18-14-31-24-12-21(9-10-23(18)24)34(28(37)25-13-22(35)16-33(25)17-29)26(19-6-5-11-30-15-19)27(36)32-20-7-3-2-4-8-20/h5-6,9-12,14-15,20,22,25-26,31,35H,2-4,7-8,13,16H2,1H3,(H,32,36)/t22-,25-,26?/m1/s1. The Morgan fingerprint density at radius 3 is 2.81 bits per heavy atom. The zero-order chi connectivity index (χ0) is 25.9. The molecule has 2 aromatic heterocycles. The molecule has 2 aliphatic rings. The van der Waals surface area contributed by atoms with E-state index in [1.165, 1.54) is 9.80 Å². The summed E-state index contributed by atoms with van der Waals surface area (Å²) in [6, 6.07) is 7.35. The number of rotatable bonds is 6. The van der Waals surface area contributed by atoms with Crippen molar-refractivity contribution in [3.63, 3.8) is 0 Å². The monoisotopic (exact) mass is 500 g/mol. The van der Waals surface area contributed by atoms with E-state index < -0.39 is 24.1 Å². The number of aryl methyl sites for hydroxylation is 1. The maximum atomic E-state index is 14.2. The Kier molecular flexibility index (Phi) is 7.10. The predicted molar refractivity (Wildman–Crippen MR) is 139 cm³/mol. The van der Waals surface area contributed by atoms with E-state index in [0.29, 0.717) is 11.3 Å². The number of aliphatic hydroxyl groups excluding tert-OH is 1. The van der Waals surface area contributed by atoms with Crippen molar-refractivity contribution in [3.05, 3.63) is 60.0 Å². The van der Waals surface area contributed by atoms with Gasteiger partial charge in [-0.05, 0) is 43.5 Å². The fraction of sp³-hybridized carbons (Fsp3) is 0.429. The molecule has 9 heteroatoms. The maximum absolute atomic E-state index is 14.2. The summed E-state index contributed by atoms with van der Waals surface area (Å²) in [5.74, 6) is -0.688. The van der Waals surface area contributed by atoms with Gasteiger partial charge >= 0.3 is 0 Å². The van der Waals surface area contributed by atoms with E-state index in [2.05, 4.69) is 15.3 Å². The SMILES string of the molecule is Cc1c[nH]c2cc(N(C(=O)[C@H]3C[C@@H](O)CN3C#N)C(C(=O)NC3CCCCC3)c3cccnc3)ccc12.